The minimum Gasteiger partial charge on any atom is -0.0625 e. The van der Waals surface area contributed by atoms with Crippen molar-refractivity contribution in [3.63, 3.8) is 0 Å². The Morgan fingerprint density at radius 2 is 0.280 bits per heavy atom. The molecule has 0 radical (unpaired) electrons. The Bertz CT molecular complexity index is 3380. The van der Waals surface area contributed by atoms with Gasteiger partial charge in [-0.05, 0) is 139 Å². The van der Waals surface area contributed by atoms with E-state index >= 15 is 0 Å². The maximum Gasteiger partial charge on any atom is 0.0203 e. The fourth-order valence-corrected chi connectivity index (χ4v) is 17.5. The Hall–Kier alpha value is -7.80. The molecule has 0 heterocycles. The van der Waals surface area contributed by atoms with E-state index in [1.54, 1.807) is 0 Å². The lowest BCUT2D eigenvalue weighted by Crippen LogP contribution is -2.32. The van der Waals surface area contributed by atoms with Crippen molar-refractivity contribution in [2.24, 2.45) is 5.92 Å². The van der Waals surface area contributed by atoms with Crippen molar-refractivity contribution in [1.29, 1.82) is 0 Å². The van der Waals surface area contributed by atoms with Gasteiger partial charge in [-0.2, -0.15) is 0 Å². The van der Waals surface area contributed by atoms with E-state index < -0.39 is 0 Å². The van der Waals surface area contributed by atoms with Gasteiger partial charge in [-0.3, -0.25) is 0 Å². The Labute approximate surface area is 562 Å². The fourth-order valence-electron chi connectivity index (χ4n) is 17.5. The van der Waals surface area contributed by atoms with Gasteiger partial charge in [0.2, 0.25) is 0 Å². The van der Waals surface area contributed by atoms with E-state index in [1.807, 2.05) is 0 Å². The molecule has 10 aromatic carbocycles. The van der Waals surface area contributed by atoms with Gasteiger partial charge in [-0.25, -0.2) is 0 Å². The maximum atomic E-state index is 2.39. The second kappa shape index (κ2) is 33.9. The summed E-state index contributed by atoms with van der Waals surface area (Å²) in [4.78, 5) is 0. The third kappa shape index (κ3) is 16.4. The lowest BCUT2D eigenvalue weighted by Gasteiger charge is -2.40. The van der Waals surface area contributed by atoms with E-state index in [4.69, 9.17) is 0 Å². The average Bonchev–Trinajstić information content (AvgIpc) is 1.61. The van der Waals surface area contributed by atoms with Crippen molar-refractivity contribution in [2.45, 2.75) is 201 Å². The molecule has 5 saturated carbocycles. The van der Waals surface area contributed by atoms with Crippen LogP contribution >= 0.6 is 0 Å². The van der Waals surface area contributed by atoms with E-state index in [0.29, 0.717) is 0 Å². The highest BCUT2D eigenvalue weighted by atomic mass is 14.4. The zero-order chi connectivity index (χ0) is 63.6. The van der Waals surface area contributed by atoms with Gasteiger partial charge in [0.25, 0.3) is 0 Å². The Balaban J connectivity index is 0.000000119. The normalized spacial score (nSPS) is 18.7. The van der Waals surface area contributed by atoms with Crippen molar-refractivity contribution in [3.8, 4) is 0 Å². The van der Waals surface area contributed by atoms with Crippen LogP contribution in [0.5, 0.6) is 0 Å². The summed E-state index contributed by atoms with van der Waals surface area (Å²) in [7, 11) is 0. The van der Waals surface area contributed by atoms with Crippen molar-refractivity contribution >= 4 is 0 Å². The van der Waals surface area contributed by atoms with Gasteiger partial charge in [-0.15, -0.1) is 0 Å². The predicted molar refractivity (Wildman–Crippen MR) is 398 cm³/mol. The van der Waals surface area contributed by atoms with Gasteiger partial charge in [0, 0.05) is 27.1 Å². The van der Waals surface area contributed by atoms with Crippen LogP contribution in [0.3, 0.4) is 0 Å². The maximum absolute atomic E-state index is 2.39. The molecule has 0 atom stereocenters. The first-order chi connectivity index (χ1) is 46.0. The summed E-state index contributed by atoms with van der Waals surface area (Å²) in [5, 5.41) is 0. The minimum atomic E-state index is 0.239. The van der Waals surface area contributed by atoms with Crippen LogP contribution in [0, 0.1) is 5.92 Å². The summed E-state index contributed by atoms with van der Waals surface area (Å²) < 4.78 is 0. The van der Waals surface area contributed by atoms with Crippen LogP contribution in [0.4, 0.5) is 0 Å². The molecule has 478 valence electrons. The molecule has 0 N–H and O–H groups in total. The van der Waals surface area contributed by atoms with E-state index in [-0.39, 0.29) is 27.1 Å². The SMILES string of the molecule is CC1CCC(c2ccccc2)(c2ccccc2)CC1.c1ccc(C2(c3ccccc3)CCCC2)cc1.c1ccc(C2(c3ccccc3)CCCCC2)cc1.c1ccc(C2(c3ccccc3)CCCCCC2)cc1.c1ccc(C2(c3ccccc3)CCCCCCC2)cc1. The zero-order valence-electron chi connectivity index (χ0n) is 56.3. The molecular weight excluding hydrogens is 1120 g/mol. The van der Waals surface area contributed by atoms with Crippen molar-refractivity contribution in [2.75, 3.05) is 0 Å². The quantitative estimate of drug-likeness (QED) is 0.120. The molecule has 0 aromatic heterocycles. The highest BCUT2D eigenvalue weighted by Gasteiger charge is 2.40. The van der Waals surface area contributed by atoms with E-state index in [1.165, 1.54) is 223 Å². The number of benzene rings is 10. The summed E-state index contributed by atoms with van der Waals surface area (Å²) in [6.07, 6.45) is 34.8. The summed E-state index contributed by atoms with van der Waals surface area (Å²) in [6, 6.07) is 111. The third-order valence-electron chi connectivity index (χ3n) is 22.7. The summed E-state index contributed by atoms with van der Waals surface area (Å²) in [5.74, 6) is 0.876. The van der Waals surface area contributed by atoms with Crippen LogP contribution in [0.15, 0.2) is 303 Å². The highest BCUT2D eigenvalue weighted by Crippen LogP contribution is 2.50. The van der Waals surface area contributed by atoms with Crippen LogP contribution in [-0.4, -0.2) is 0 Å². The third-order valence-corrected chi connectivity index (χ3v) is 22.7. The van der Waals surface area contributed by atoms with E-state index in [9.17, 15) is 0 Å². The molecule has 5 aliphatic rings. The largest absolute Gasteiger partial charge is 0.0625 e. The van der Waals surface area contributed by atoms with Crippen molar-refractivity contribution in [3.05, 3.63) is 359 Å². The van der Waals surface area contributed by atoms with E-state index in [0.717, 1.165) is 5.92 Å². The second-order valence-corrected chi connectivity index (χ2v) is 28.2. The highest BCUT2D eigenvalue weighted by molar-refractivity contribution is 5.45. The van der Waals surface area contributed by atoms with Gasteiger partial charge in [0.05, 0.1) is 0 Å². The van der Waals surface area contributed by atoms with Crippen molar-refractivity contribution < 1.29 is 0 Å². The van der Waals surface area contributed by atoms with Crippen molar-refractivity contribution in [1.82, 2.24) is 0 Å². The summed E-state index contributed by atoms with van der Waals surface area (Å²) in [5.41, 5.74) is 16.3. The van der Waals surface area contributed by atoms with Crippen LogP contribution in [0.2, 0.25) is 0 Å². The van der Waals surface area contributed by atoms with Crippen LogP contribution in [0.1, 0.15) is 229 Å². The molecule has 10 aromatic rings. The van der Waals surface area contributed by atoms with Crippen LogP contribution in [-0.2, 0) is 27.1 Å². The molecule has 0 amide bonds. The Kier molecular flexibility index (Phi) is 24.3. The molecule has 0 nitrogen and oxygen atoms in total. The molecule has 0 spiro atoms. The lowest BCUT2D eigenvalue weighted by molar-refractivity contribution is 0.280. The molecule has 0 aliphatic heterocycles. The Morgan fingerprint density at radius 1 is 0.161 bits per heavy atom. The fraction of sp³-hybridized carbons (Fsp3) is 0.355. The van der Waals surface area contributed by atoms with Gasteiger partial charge in [0.1, 0.15) is 0 Å². The number of hydrogen-bond acceptors (Lipinski definition) is 0. The molecular formula is C93H106. The van der Waals surface area contributed by atoms with E-state index in [2.05, 4.69) is 310 Å². The molecule has 5 aliphatic carbocycles. The van der Waals surface area contributed by atoms with Crippen LogP contribution < -0.4 is 0 Å². The minimum absolute atomic E-state index is 0.239. The number of rotatable bonds is 10. The Morgan fingerprint density at radius 3 is 0.441 bits per heavy atom. The monoisotopic (exact) mass is 1220 g/mol. The topological polar surface area (TPSA) is 0 Å². The summed E-state index contributed by atoms with van der Waals surface area (Å²) >= 11 is 0. The molecule has 93 heavy (non-hydrogen) atoms. The summed E-state index contributed by atoms with van der Waals surface area (Å²) in [6.45, 7) is 2.39. The second-order valence-electron chi connectivity index (χ2n) is 28.2. The molecule has 0 heteroatoms. The van der Waals surface area contributed by atoms with Gasteiger partial charge in [-0.1, -0.05) is 400 Å². The molecule has 0 saturated heterocycles. The average molecular weight is 1220 g/mol. The first-order valence-electron chi connectivity index (χ1n) is 36.5. The smallest absolute Gasteiger partial charge is 0.0203 e. The standard InChI is InChI=1S/C20H24.2C19H22.C18H20.C17H18/c1-2-10-16-20(17-11-3-1,18-12-6-4-7-13-18)19-14-8-5-9-15-19;1-16-12-14-19(15-13-16,17-8-4-2-5-9-17)18-10-6-3-7-11-18;1-2-10-16-19(15-9-1,17-11-5-3-6-12-17)18-13-7-4-8-14-18;1-4-10-16(11-5-1)18(14-8-3-9-15-18)17-12-6-2-7-13-17;1-3-9-15(10-4-1)17(13-7-8-14-17)16-11-5-2-6-12-16/h4-9,12-15H,1-3,10-11,16-17H2;2-11,16H,12-15H2,1H3;3-8,11-14H,1-2,9-10,15-16H2;1-2,4-7,10-13H,3,8-9,14-15H2;1-6,9-12H,7-8,13-14H2. The molecule has 5 fully saturated rings. The molecule has 0 unspecified atom stereocenters. The van der Waals surface area contributed by atoms with Gasteiger partial charge in [0.15, 0.2) is 0 Å². The van der Waals surface area contributed by atoms with Gasteiger partial charge < -0.3 is 0 Å². The molecule has 0 bridgehead atoms. The van der Waals surface area contributed by atoms with Crippen LogP contribution in [0.25, 0.3) is 0 Å². The number of hydrogen-bond donors (Lipinski definition) is 0. The predicted octanol–water partition coefficient (Wildman–Crippen LogP) is 25.7. The molecule has 15 rings (SSSR count). The first kappa shape index (κ1) is 66.6. The first-order valence-corrected chi connectivity index (χ1v) is 36.5. The van der Waals surface area contributed by atoms with Gasteiger partial charge >= 0.3 is 0 Å². The lowest BCUT2D eigenvalue weighted by atomic mass is 9.63. The zero-order valence-corrected chi connectivity index (χ0v) is 56.3.